The van der Waals surface area contributed by atoms with Crippen LogP contribution in [-0.4, -0.2) is 46.6 Å². The largest absolute Gasteiger partial charge is 0.346 e. The standard InChI is InChI=1S/C11H19N5O2/c1-8-14-11(18-15-8)6-13-10(17)7-16-4-2-9(12)3-5-16/h9H,2-7,12H2,1H3,(H,13,17). The molecule has 1 aliphatic heterocycles. The Morgan fingerprint density at radius 1 is 1.56 bits per heavy atom. The van der Waals surface area contributed by atoms with Crippen molar-refractivity contribution in [3.63, 3.8) is 0 Å². The average molecular weight is 253 g/mol. The number of hydrogen-bond acceptors (Lipinski definition) is 6. The molecule has 0 atom stereocenters. The van der Waals surface area contributed by atoms with Crippen LogP contribution in [0.25, 0.3) is 0 Å². The van der Waals surface area contributed by atoms with E-state index in [0.29, 0.717) is 18.3 Å². The molecule has 0 aliphatic carbocycles. The summed E-state index contributed by atoms with van der Waals surface area (Å²) in [5.41, 5.74) is 5.81. The molecule has 2 heterocycles. The van der Waals surface area contributed by atoms with Crippen molar-refractivity contribution in [2.45, 2.75) is 32.4 Å². The normalized spacial score (nSPS) is 17.9. The van der Waals surface area contributed by atoms with Crippen molar-refractivity contribution in [2.75, 3.05) is 19.6 Å². The molecular formula is C11H19N5O2. The monoisotopic (exact) mass is 253 g/mol. The quantitative estimate of drug-likeness (QED) is 0.745. The van der Waals surface area contributed by atoms with Crippen molar-refractivity contribution in [3.05, 3.63) is 11.7 Å². The maximum Gasteiger partial charge on any atom is 0.246 e. The van der Waals surface area contributed by atoms with Crippen LogP contribution in [0.2, 0.25) is 0 Å². The van der Waals surface area contributed by atoms with E-state index in [1.807, 2.05) is 0 Å². The molecular weight excluding hydrogens is 234 g/mol. The first kappa shape index (κ1) is 13.0. The van der Waals surface area contributed by atoms with E-state index in [1.165, 1.54) is 0 Å². The summed E-state index contributed by atoms with van der Waals surface area (Å²) in [6.45, 7) is 4.20. The Morgan fingerprint density at radius 2 is 2.28 bits per heavy atom. The molecule has 0 saturated carbocycles. The third kappa shape index (κ3) is 3.78. The lowest BCUT2D eigenvalue weighted by molar-refractivity contribution is -0.122. The van der Waals surface area contributed by atoms with Gasteiger partial charge in [-0.3, -0.25) is 9.69 Å². The van der Waals surface area contributed by atoms with Crippen LogP contribution >= 0.6 is 0 Å². The number of carbonyl (C=O) groups is 1. The number of nitrogens with zero attached hydrogens (tertiary/aromatic N) is 3. The molecule has 3 N–H and O–H groups in total. The predicted octanol–water partition coefficient (Wildman–Crippen LogP) is -0.583. The molecule has 0 bridgehead atoms. The Labute approximate surface area is 106 Å². The molecule has 7 heteroatoms. The van der Waals surface area contributed by atoms with Crippen LogP contribution in [0.1, 0.15) is 24.6 Å². The van der Waals surface area contributed by atoms with Crippen LogP contribution in [0.5, 0.6) is 0 Å². The number of nitrogens with two attached hydrogens (primary N) is 1. The molecule has 2 rings (SSSR count). The van der Waals surface area contributed by atoms with Gasteiger partial charge >= 0.3 is 0 Å². The number of nitrogens with one attached hydrogen (secondary N) is 1. The topological polar surface area (TPSA) is 97.3 Å². The highest BCUT2D eigenvalue weighted by molar-refractivity contribution is 5.77. The van der Waals surface area contributed by atoms with Crippen LogP contribution in [0.4, 0.5) is 0 Å². The summed E-state index contributed by atoms with van der Waals surface area (Å²) in [5.74, 6) is 0.979. The van der Waals surface area contributed by atoms with E-state index < -0.39 is 0 Å². The first-order valence-electron chi connectivity index (χ1n) is 6.17. The molecule has 100 valence electrons. The maximum absolute atomic E-state index is 11.7. The predicted molar refractivity (Wildman–Crippen MR) is 64.5 cm³/mol. The molecule has 0 aromatic carbocycles. The summed E-state index contributed by atoms with van der Waals surface area (Å²) < 4.78 is 4.91. The number of carbonyl (C=O) groups excluding carboxylic acids is 1. The van der Waals surface area contributed by atoms with Gasteiger partial charge in [-0.25, -0.2) is 0 Å². The van der Waals surface area contributed by atoms with Gasteiger partial charge in [-0.05, 0) is 19.8 Å². The van der Waals surface area contributed by atoms with E-state index in [4.69, 9.17) is 10.3 Å². The highest BCUT2D eigenvalue weighted by atomic mass is 16.5. The van der Waals surface area contributed by atoms with Crippen LogP contribution in [0, 0.1) is 6.92 Å². The van der Waals surface area contributed by atoms with Gasteiger partial charge in [-0.15, -0.1) is 0 Å². The van der Waals surface area contributed by atoms with E-state index in [1.54, 1.807) is 6.92 Å². The first-order chi connectivity index (χ1) is 8.63. The fourth-order valence-electron chi connectivity index (χ4n) is 1.96. The Morgan fingerprint density at radius 3 is 2.89 bits per heavy atom. The van der Waals surface area contributed by atoms with Crippen LogP contribution in [0.15, 0.2) is 4.52 Å². The van der Waals surface area contributed by atoms with Crippen LogP contribution < -0.4 is 11.1 Å². The third-order valence-corrected chi connectivity index (χ3v) is 3.01. The number of aryl methyl sites for hydroxylation is 1. The summed E-state index contributed by atoms with van der Waals surface area (Å²) in [6.07, 6.45) is 1.91. The molecule has 7 nitrogen and oxygen atoms in total. The molecule has 18 heavy (non-hydrogen) atoms. The first-order valence-corrected chi connectivity index (χ1v) is 6.17. The lowest BCUT2D eigenvalue weighted by atomic mass is 10.1. The van der Waals surface area contributed by atoms with Gasteiger partial charge in [0, 0.05) is 19.1 Å². The second-order valence-electron chi connectivity index (χ2n) is 4.63. The second-order valence-corrected chi connectivity index (χ2v) is 4.63. The Kier molecular flexibility index (Phi) is 4.27. The Hall–Kier alpha value is -1.47. The number of likely N-dealkylation sites (tertiary alicyclic amines) is 1. The van der Waals surface area contributed by atoms with Gasteiger partial charge in [-0.1, -0.05) is 5.16 Å². The molecule has 1 saturated heterocycles. The van der Waals surface area contributed by atoms with E-state index in [2.05, 4.69) is 20.4 Å². The lowest BCUT2D eigenvalue weighted by Crippen LogP contribution is -2.44. The van der Waals surface area contributed by atoms with E-state index in [-0.39, 0.29) is 18.5 Å². The number of rotatable bonds is 4. The number of piperidine rings is 1. The molecule has 1 fully saturated rings. The zero-order chi connectivity index (χ0) is 13.0. The highest BCUT2D eigenvalue weighted by Crippen LogP contribution is 2.07. The molecule has 1 aliphatic rings. The van der Waals surface area contributed by atoms with Gasteiger partial charge in [0.15, 0.2) is 5.82 Å². The zero-order valence-electron chi connectivity index (χ0n) is 10.6. The van der Waals surface area contributed by atoms with Crippen molar-refractivity contribution < 1.29 is 9.32 Å². The van der Waals surface area contributed by atoms with E-state index in [0.717, 1.165) is 25.9 Å². The smallest absolute Gasteiger partial charge is 0.246 e. The van der Waals surface area contributed by atoms with Gasteiger partial charge < -0.3 is 15.6 Å². The average Bonchev–Trinajstić information content (AvgIpc) is 2.76. The van der Waals surface area contributed by atoms with Crippen molar-refractivity contribution in [2.24, 2.45) is 5.73 Å². The van der Waals surface area contributed by atoms with E-state index >= 15 is 0 Å². The molecule has 0 spiro atoms. The fraction of sp³-hybridized carbons (Fsp3) is 0.727. The van der Waals surface area contributed by atoms with Crippen molar-refractivity contribution in [1.82, 2.24) is 20.4 Å². The Balaban J connectivity index is 1.69. The van der Waals surface area contributed by atoms with Gasteiger partial charge in [0.25, 0.3) is 0 Å². The van der Waals surface area contributed by atoms with Crippen molar-refractivity contribution >= 4 is 5.91 Å². The number of aromatic nitrogens is 2. The van der Waals surface area contributed by atoms with Crippen LogP contribution in [0.3, 0.4) is 0 Å². The highest BCUT2D eigenvalue weighted by Gasteiger charge is 2.18. The zero-order valence-corrected chi connectivity index (χ0v) is 10.6. The molecule has 1 amide bonds. The minimum absolute atomic E-state index is 0.0266. The minimum atomic E-state index is -0.0266. The van der Waals surface area contributed by atoms with Gasteiger partial charge in [0.2, 0.25) is 11.8 Å². The summed E-state index contributed by atoms with van der Waals surface area (Å²) in [4.78, 5) is 17.8. The summed E-state index contributed by atoms with van der Waals surface area (Å²) in [5, 5.41) is 6.42. The summed E-state index contributed by atoms with van der Waals surface area (Å²) >= 11 is 0. The van der Waals surface area contributed by atoms with Crippen molar-refractivity contribution in [1.29, 1.82) is 0 Å². The Bertz CT molecular complexity index is 398. The summed E-state index contributed by atoms with van der Waals surface area (Å²) in [6, 6.07) is 0.283. The van der Waals surface area contributed by atoms with E-state index in [9.17, 15) is 4.79 Å². The number of hydrogen-bond donors (Lipinski definition) is 2. The molecule has 0 unspecified atom stereocenters. The maximum atomic E-state index is 11.7. The molecule has 1 aromatic rings. The molecule has 0 radical (unpaired) electrons. The van der Waals surface area contributed by atoms with Gasteiger partial charge in [0.1, 0.15) is 0 Å². The minimum Gasteiger partial charge on any atom is -0.346 e. The summed E-state index contributed by atoms with van der Waals surface area (Å²) in [7, 11) is 0. The van der Waals surface area contributed by atoms with Gasteiger partial charge in [-0.2, -0.15) is 4.98 Å². The molecule has 1 aromatic heterocycles. The second kappa shape index (κ2) is 5.92. The number of amides is 1. The van der Waals surface area contributed by atoms with Gasteiger partial charge in [0.05, 0.1) is 13.1 Å². The lowest BCUT2D eigenvalue weighted by Gasteiger charge is -2.29. The third-order valence-electron chi connectivity index (χ3n) is 3.01. The SMILES string of the molecule is Cc1noc(CNC(=O)CN2CCC(N)CC2)n1. The fourth-order valence-corrected chi connectivity index (χ4v) is 1.96. The van der Waals surface area contributed by atoms with Crippen molar-refractivity contribution in [3.8, 4) is 0 Å². The van der Waals surface area contributed by atoms with Crippen LogP contribution in [-0.2, 0) is 11.3 Å².